The second kappa shape index (κ2) is 10.3. The second-order valence-electron chi connectivity index (χ2n) is 11.1. The fourth-order valence-corrected chi connectivity index (χ4v) is 4.84. The lowest BCUT2D eigenvalue weighted by Crippen LogP contribution is -2.43. The van der Waals surface area contributed by atoms with Crippen LogP contribution in [0.15, 0.2) is 48.8 Å². The van der Waals surface area contributed by atoms with E-state index < -0.39 is 0 Å². The first-order valence-corrected chi connectivity index (χ1v) is 12.8. The molecule has 3 aromatic rings. The van der Waals surface area contributed by atoms with E-state index in [-0.39, 0.29) is 23.3 Å². The quantitative estimate of drug-likeness (QED) is 0.475. The zero-order valence-electron chi connectivity index (χ0n) is 22.9. The van der Waals surface area contributed by atoms with Crippen LogP contribution in [-0.2, 0) is 4.79 Å². The number of nitrogens with zero attached hydrogens (tertiary/aromatic N) is 4. The molecule has 37 heavy (non-hydrogen) atoms. The molecule has 0 spiro atoms. The van der Waals surface area contributed by atoms with Gasteiger partial charge in [0.2, 0.25) is 5.91 Å². The van der Waals surface area contributed by atoms with Crippen molar-refractivity contribution in [3.8, 4) is 5.69 Å². The first-order chi connectivity index (χ1) is 17.5. The van der Waals surface area contributed by atoms with E-state index in [1.807, 2.05) is 83.8 Å². The van der Waals surface area contributed by atoms with E-state index in [1.54, 1.807) is 17.1 Å². The number of rotatable bonds is 5. The summed E-state index contributed by atoms with van der Waals surface area (Å²) in [5, 5.41) is 7.40. The van der Waals surface area contributed by atoms with Crippen LogP contribution in [0, 0.1) is 26.2 Å². The summed E-state index contributed by atoms with van der Waals surface area (Å²) in [4.78, 5) is 32.3. The van der Waals surface area contributed by atoms with Gasteiger partial charge in [0.25, 0.3) is 5.91 Å². The van der Waals surface area contributed by atoms with Crippen molar-refractivity contribution >= 4 is 23.1 Å². The lowest BCUT2D eigenvalue weighted by molar-refractivity contribution is -0.140. The Morgan fingerprint density at radius 1 is 1.08 bits per heavy atom. The molecule has 0 saturated heterocycles. The molecule has 2 heterocycles. The summed E-state index contributed by atoms with van der Waals surface area (Å²) in [5.41, 5.74) is 6.81. The zero-order valence-corrected chi connectivity index (χ0v) is 22.9. The third-order valence-electron chi connectivity index (χ3n) is 7.07. The number of anilines is 1. The lowest BCUT2D eigenvalue weighted by atomic mass is 9.88. The number of hydrogen-bond acceptors (Lipinski definition) is 4. The minimum Gasteiger partial charge on any atom is -0.342 e. The Bertz CT molecular complexity index is 1350. The number of nitrogens with one attached hydrogen (secondary N) is 1. The molecule has 1 atom stereocenters. The van der Waals surface area contributed by atoms with E-state index in [9.17, 15) is 9.59 Å². The Kier molecular flexibility index (Phi) is 7.35. The van der Waals surface area contributed by atoms with Gasteiger partial charge in [-0.1, -0.05) is 44.5 Å². The summed E-state index contributed by atoms with van der Waals surface area (Å²) >= 11 is 0. The van der Waals surface area contributed by atoms with Crippen LogP contribution in [0.2, 0.25) is 0 Å². The average molecular weight is 500 g/mol. The minimum atomic E-state index is -0.380. The highest BCUT2D eigenvalue weighted by Gasteiger charge is 2.30. The van der Waals surface area contributed by atoms with E-state index in [2.05, 4.69) is 16.5 Å². The predicted octanol–water partition coefficient (Wildman–Crippen LogP) is 5.89. The molecule has 1 aliphatic carbocycles. The third kappa shape index (κ3) is 5.66. The van der Waals surface area contributed by atoms with Gasteiger partial charge in [-0.25, -0.2) is 4.68 Å². The highest BCUT2D eigenvalue weighted by Crippen LogP contribution is 2.32. The number of benzene rings is 1. The number of carbonyl (C=O) groups is 2. The standard InChI is InChI=1S/C30H37N5O2/c1-19-8-12-25(13-9-19)35-21(3)26(18-32-35)28(36)33-23-16-20(2)27(31-17-23)22-10-14-24(15-11-22)34(7)29(37)30(4,5)6/h8-10,12-13,16-18,24H,11,14-15H2,1-7H3,(H,33,36). The number of carbonyl (C=O) groups excluding carboxylic acids is 2. The van der Waals surface area contributed by atoms with E-state index >= 15 is 0 Å². The highest BCUT2D eigenvalue weighted by atomic mass is 16.2. The molecule has 1 N–H and O–H groups in total. The van der Waals surface area contributed by atoms with Crippen LogP contribution in [0.3, 0.4) is 0 Å². The van der Waals surface area contributed by atoms with Gasteiger partial charge in [0, 0.05) is 18.5 Å². The summed E-state index contributed by atoms with van der Waals surface area (Å²) in [6, 6.07) is 10.2. The van der Waals surface area contributed by atoms with Gasteiger partial charge < -0.3 is 10.2 Å². The van der Waals surface area contributed by atoms with Gasteiger partial charge in [0.1, 0.15) is 0 Å². The Morgan fingerprint density at radius 2 is 1.78 bits per heavy atom. The third-order valence-corrected chi connectivity index (χ3v) is 7.07. The SMILES string of the molecule is Cc1ccc(-n2ncc(C(=O)Nc3cnc(C4=CCC(N(C)C(=O)C(C)(C)C)CC4)c(C)c3)c2C)cc1. The minimum absolute atomic E-state index is 0.170. The van der Waals surface area contributed by atoms with Crippen molar-refractivity contribution in [1.29, 1.82) is 0 Å². The molecular formula is C30H37N5O2. The summed E-state index contributed by atoms with van der Waals surface area (Å²) in [7, 11) is 1.91. The monoisotopic (exact) mass is 499 g/mol. The van der Waals surface area contributed by atoms with Crippen molar-refractivity contribution in [2.75, 3.05) is 12.4 Å². The van der Waals surface area contributed by atoms with E-state index in [0.29, 0.717) is 11.3 Å². The Labute approximate surface area is 219 Å². The Morgan fingerprint density at radius 3 is 2.38 bits per heavy atom. The summed E-state index contributed by atoms with van der Waals surface area (Å²) in [5.74, 6) is -0.0421. The molecule has 1 unspecified atom stereocenters. The molecule has 2 amide bonds. The van der Waals surface area contributed by atoms with E-state index in [4.69, 9.17) is 4.98 Å². The van der Waals surface area contributed by atoms with Crippen molar-refractivity contribution < 1.29 is 9.59 Å². The number of amides is 2. The molecular weight excluding hydrogens is 462 g/mol. The van der Waals surface area contributed by atoms with Crippen LogP contribution < -0.4 is 5.32 Å². The van der Waals surface area contributed by atoms with E-state index in [0.717, 1.165) is 41.9 Å². The second-order valence-corrected chi connectivity index (χ2v) is 11.1. The molecule has 4 rings (SSSR count). The molecule has 7 heteroatoms. The van der Waals surface area contributed by atoms with Crippen LogP contribution in [0.25, 0.3) is 11.3 Å². The van der Waals surface area contributed by atoms with Gasteiger partial charge in [-0.2, -0.15) is 5.10 Å². The van der Waals surface area contributed by atoms with Crippen LogP contribution in [0.1, 0.15) is 72.9 Å². The normalized spacial score (nSPS) is 15.8. The maximum atomic E-state index is 13.0. The summed E-state index contributed by atoms with van der Waals surface area (Å²) < 4.78 is 1.77. The maximum Gasteiger partial charge on any atom is 0.259 e. The lowest BCUT2D eigenvalue weighted by Gasteiger charge is -2.35. The van der Waals surface area contributed by atoms with Crippen LogP contribution in [0.5, 0.6) is 0 Å². The van der Waals surface area contributed by atoms with Crippen molar-refractivity contribution in [1.82, 2.24) is 19.7 Å². The smallest absolute Gasteiger partial charge is 0.259 e. The molecule has 0 radical (unpaired) electrons. The summed E-state index contributed by atoms with van der Waals surface area (Å²) in [6.45, 7) is 11.8. The van der Waals surface area contributed by atoms with Crippen LogP contribution in [0.4, 0.5) is 5.69 Å². The van der Waals surface area contributed by atoms with Gasteiger partial charge in [-0.3, -0.25) is 14.6 Å². The first kappa shape index (κ1) is 26.3. The molecule has 0 fully saturated rings. The molecule has 1 aliphatic rings. The number of allylic oxidation sites excluding steroid dienone is 1. The molecule has 7 nitrogen and oxygen atoms in total. The van der Waals surface area contributed by atoms with Gasteiger partial charge in [-0.05, 0) is 69.4 Å². The van der Waals surface area contributed by atoms with Crippen molar-refractivity contribution in [2.45, 2.75) is 66.8 Å². The van der Waals surface area contributed by atoms with E-state index in [1.165, 1.54) is 11.1 Å². The number of aromatic nitrogens is 3. The van der Waals surface area contributed by atoms with Gasteiger partial charge in [0.05, 0.1) is 40.7 Å². The molecule has 194 valence electrons. The molecule has 0 aliphatic heterocycles. The summed E-state index contributed by atoms with van der Waals surface area (Å²) in [6.07, 6.45) is 8.11. The Balaban J connectivity index is 1.44. The number of hydrogen-bond donors (Lipinski definition) is 1. The van der Waals surface area contributed by atoms with Crippen molar-refractivity contribution in [2.24, 2.45) is 5.41 Å². The first-order valence-electron chi connectivity index (χ1n) is 12.8. The molecule has 0 bridgehead atoms. The topological polar surface area (TPSA) is 80.1 Å². The molecule has 0 saturated carbocycles. The number of pyridine rings is 1. The average Bonchev–Trinajstić information content (AvgIpc) is 3.24. The maximum absolute atomic E-state index is 13.0. The van der Waals surface area contributed by atoms with Gasteiger partial charge in [-0.15, -0.1) is 0 Å². The largest absolute Gasteiger partial charge is 0.342 e. The fraction of sp³-hybridized carbons (Fsp3) is 0.400. The predicted molar refractivity (Wildman–Crippen MR) is 148 cm³/mol. The number of aryl methyl sites for hydroxylation is 2. The Hall–Kier alpha value is -3.74. The molecule has 1 aromatic carbocycles. The van der Waals surface area contributed by atoms with Crippen molar-refractivity contribution in [3.63, 3.8) is 0 Å². The zero-order chi connectivity index (χ0) is 26.9. The highest BCUT2D eigenvalue weighted by molar-refractivity contribution is 6.05. The van der Waals surface area contributed by atoms with Gasteiger partial charge >= 0.3 is 0 Å². The van der Waals surface area contributed by atoms with Crippen molar-refractivity contribution in [3.05, 3.63) is 76.9 Å². The van der Waals surface area contributed by atoms with Crippen LogP contribution in [-0.4, -0.2) is 44.6 Å². The van der Waals surface area contributed by atoms with Crippen LogP contribution >= 0.6 is 0 Å². The molecule has 2 aromatic heterocycles. The van der Waals surface area contributed by atoms with Gasteiger partial charge in [0.15, 0.2) is 0 Å². The fourth-order valence-electron chi connectivity index (χ4n) is 4.84.